The number of nitrogens with one attached hydrogen (secondary N) is 1. The van der Waals surface area contributed by atoms with Crippen LogP contribution in [0.1, 0.15) is 22.3 Å². The second kappa shape index (κ2) is 5.92. The van der Waals surface area contributed by atoms with Crippen LogP contribution in [0, 0.1) is 5.82 Å². The molecule has 0 aliphatic carbocycles. The molecule has 1 aliphatic rings. The Morgan fingerprint density at radius 3 is 2.96 bits per heavy atom. The molecule has 1 amide bonds. The summed E-state index contributed by atoms with van der Waals surface area (Å²) < 4.78 is 13.3. The quantitative estimate of drug-likeness (QED) is 0.783. The number of benzene rings is 1. The standard InChI is InChI=1S/C19H16FN3O/c20-15-4-1-3-14(11-15)19(24)23-9-6-13(7-10-23)17-12-22-18-16(17)5-2-8-21-18/h1-6,8,11-12H,7,9-10H2,(H,21,22). The molecule has 3 heterocycles. The van der Waals surface area contributed by atoms with E-state index in [4.69, 9.17) is 0 Å². The zero-order chi connectivity index (χ0) is 16.5. The molecule has 1 aliphatic heterocycles. The summed E-state index contributed by atoms with van der Waals surface area (Å²) in [5.74, 6) is -0.522. The third-order valence-corrected chi connectivity index (χ3v) is 4.36. The largest absolute Gasteiger partial charge is 0.346 e. The highest BCUT2D eigenvalue weighted by Gasteiger charge is 2.20. The number of fused-ring (bicyclic) bond motifs is 1. The van der Waals surface area contributed by atoms with Crippen molar-refractivity contribution in [3.05, 3.63) is 71.8 Å². The lowest BCUT2D eigenvalue weighted by atomic mass is 9.99. The summed E-state index contributed by atoms with van der Waals surface area (Å²) in [5.41, 5.74) is 3.60. The van der Waals surface area contributed by atoms with Crippen molar-refractivity contribution in [1.29, 1.82) is 0 Å². The van der Waals surface area contributed by atoms with E-state index >= 15 is 0 Å². The number of aromatic amines is 1. The maximum atomic E-state index is 13.3. The third kappa shape index (κ3) is 2.58. The summed E-state index contributed by atoms with van der Waals surface area (Å²) in [6, 6.07) is 9.80. The number of pyridine rings is 1. The van der Waals surface area contributed by atoms with Crippen LogP contribution in [0.2, 0.25) is 0 Å². The summed E-state index contributed by atoms with van der Waals surface area (Å²) in [4.78, 5) is 21.7. The molecule has 1 aromatic carbocycles. The van der Waals surface area contributed by atoms with E-state index in [0.717, 1.165) is 23.0 Å². The van der Waals surface area contributed by atoms with Crippen LogP contribution in [0.5, 0.6) is 0 Å². The number of H-pyrrole nitrogens is 1. The van der Waals surface area contributed by atoms with Gasteiger partial charge in [0, 0.05) is 42.0 Å². The van der Waals surface area contributed by atoms with Crippen molar-refractivity contribution in [3.8, 4) is 0 Å². The first-order valence-corrected chi connectivity index (χ1v) is 7.89. The van der Waals surface area contributed by atoms with Gasteiger partial charge in [-0.05, 0) is 42.3 Å². The number of rotatable bonds is 2. The Labute approximate surface area is 138 Å². The van der Waals surface area contributed by atoms with Crippen LogP contribution >= 0.6 is 0 Å². The smallest absolute Gasteiger partial charge is 0.254 e. The molecule has 1 N–H and O–H groups in total. The first-order chi connectivity index (χ1) is 11.7. The molecule has 0 radical (unpaired) electrons. The number of hydrogen-bond acceptors (Lipinski definition) is 2. The average Bonchev–Trinajstić information content (AvgIpc) is 3.05. The van der Waals surface area contributed by atoms with E-state index in [-0.39, 0.29) is 11.7 Å². The lowest BCUT2D eigenvalue weighted by Gasteiger charge is -2.26. The molecule has 0 unspecified atom stereocenters. The predicted octanol–water partition coefficient (Wildman–Crippen LogP) is 3.63. The van der Waals surface area contributed by atoms with Gasteiger partial charge in [-0.3, -0.25) is 4.79 Å². The van der Waals surface area contributed by atoms with Gasteiger partial charge in [-0.25, -0.2) is 9.37 Å². The SMILES string of the molecule is O=C(c1cccc(F)c1)N1CC=C(c2c[nH]c3ncccc23)CC1. The number of nitrogens with zero attached hydrogens (tertiary/aromatic N) is 2. The van der Waals surface area contributed by atoms with Crippen molar-refractivity contribution in [2.45, 2.75) is 6.42 Å². The maximum absolute atomic E-state index is 13.3. The van der Waals surface area contributed by atoms with Crippen LogP contribution in [-0.2, 0) is 0 Å². The molecule has 120 valence electrons. The summed E-state index contributed by atoms with van der Waals surface area (Å²) in [7, 11) is 0. The van der Waals surface area contributed by atoms with Crippen molar-refractivity contribution < 1.29 is 9.18 Å². The Hall–Kier alpha value is -2.95. The van der Waals surface area contributed by atoms with E-state index in [1.807, 2.05) is 18.3 Å². The molecule has 5 heteroatoms. The minimum absolute atomic E-state index is 0.134. The van der Waals surface area contributed by atoms with Gasteiger partial charge in [-0.15, -0.1) is 0 Å². The highest BCUT2D eigenvalue weighted by Crippen LogP contribution is 2.28. The normalized spacial score (nSPS) is 14.7. The number of hydrogen-bond donors (Lipinski definition) is 1. The van der Waals surface area contributed by atoms with Gasteiger partial charge in [0.2, 0.25) is 0 Å². The van der Waals surface area contributed by atoms with Crippen LogP contribution in [0.25, 0.3) is 16.6 Å². The van der Waals surface area contributed by atoms with Crippen molar-refractivity contribution in [3.63, 3.8) is 0 Å². The van der Waals surface area contributed by atoms with Gasteiger partial charge in [0.05, 0.1) is 0 Å². The zero-order valence-corrected chi connectivity index (χ0v) is 13.0. The summed E-state index contributed by atoms with van der Waals surface area (Å²) in [6.07, 6.45) is 6.56. The Balaban J connectivity index is 1.56. The molecule has 0 fully saturated rings. The van der Waals surface area contributed by atoms with Crippen molar-refractivity contribution in [1.82, 2.24) is 14.9 Å². The molecule has 0 saturated carbocycles. The molecule has 4 nitrogen and oxygen atoms in total. The zero-order valence-electron chi connectivity index (χ0n) is 13.0. The lowest BCUT2D eigenvalue weighted by Crippen LogP contribution is -2.34. The van der Waals surface area contributed by atoms with E-state index in [0.29, 0.717) is 18.7 Å². The van der Waals surface area contributed by atoms with Crippen LogP contribution in [0.4, 0.5) is 4.39 Å². The molecule has 4 rings (SSSR count). The number of carbonyl (C=O) groups is 1. The minimum Gasteiger partial charge on any atom is -0.346 e. The van der Waals surface area contributed by atoms with E-state index in [2.05, 4.69) is 16.0 Å². The first kappa shape index (κ1) is 14.6. The fraction of sp³-hybridized carbons (Fsp3) is 0.158. The molecule has 0 bridgehead atoms. The molecule has 0 saturated heterocycles. The predicted molar refractivity (Wildman–Crippen MR) is 91.0 cm³/mol. The van der Waals surface area contributed by atoms with Gasteiger partial charge in [-0.1, -0.05) is 12.1 Å². The third-order valence-electron chi connectivity index (χ3n) is 4.36. The number of aromatic nitrogens is 2. The highest BCUT2D eigenvalue weighted by molar-refractivity contribution is 5.95. The van der Waals surface area contributed by atoms with E-state index in [1.54, 1.807) is 23.2 Å². The second-order valence-electron chi connectivity index (χ2n) is 5.84. The Kier molecular flexibility index (Phi) is 3.61. The molecule has 3 aromatic rings. The monoisotopic (exact) mass is 321 g/mol. The number of halogens is 1. The number of carbonyl (C=O) groups excluding carboxylic acids is 1. The number of amides is 1. The van der Waals surface area contributed by atoms with Crippen LogP contribution in [0.3, 0.4) is 0 Å². The van der Waals surface area contributed by atoms with Gasteiger partial charge in [0.25, 0.3) is 5.91 Å². The van der Waals surface area contributed by atoms with Crippen molar-refractivity contribution in [2.24, 2.45) is 0 Å². The molecule has 24 heavy (non-hydrogen) atoms. The van der Waals surface area contributed by atoms with Crippen LogP contribution < -0.4 is 0 Å². The maximum Gasteiger partial charge on any atom is 0.254 e. The minimum atomic E-state index is -0.389. The van der Waals surface area contributed by atoms with Gasteiger partial charge in [-0.2, -0.15) is 0 Å². The molecular weight excluding hydrogens is 305 g/mol. The van der Waals surface area contributed by atoms with Crippen LogP contribution in [0.15, 0.2) is 54.9 Å². The van der Waals surface area contributed by atoms with Gasteiger partial charge >= 0.3 is 0 Å². The molecular formula is C19H16FN3O. The van der Waals surface area contributed by atoms with Crippen molar-refractivity contribution >= 4 is 22.5 Å². The Morgan fingerprint density at radius 1 is 1.25 bits per heavy atom. The fourth-order valence-corrected chi connectivity index (χ4v) is 3.12. The summed E-state index contributed by atoms with van der Waals surface area (Å²) in [6.45, 7) is 1.14. The topological polar surface area (TPSA) is 49.0 Å². The average molecular weight is 321 g/mol. The molecule has 0 atom stereocenters. The summed E-state index contributed by atoms with van der Waals surface area (Å²) in [5, 5.41) is 1.09. The fourth-order valence-electron chi connectivity index (χ4n) is 3.12. The highest BCUT2D eigenvalue weighted by atomic mass is 19.1. The van der Waals surface area contributed by atoms with E-state index in [1.165, 1.54) is 17.7 Å². The molecule has 0 spiro atoms. The Bertz CT molecular complexity index is 944. The van der Waals surface area contributed by atoms with Crippen molar-refractivity contribution in [2.75, 3.05) is 13.1 Å². The first-order valence-electron chi connectivity index (χ1n) is 7.89. The summed E-state index contributed by atoms with van der Waals surface area (Å²) >= 11 is 0. The van der Waals surface area contributed by atoms with Crippen LogP contribution in [-0.4, -0.2) is 33.9 Å². The Morgan fingerprint density at radius 2 is 2.17 bits per heavy atom. The molecule has 2 aromatic heterocycles. The second-order valence-corrected chi connectivity index (χ2v) is 5.84. The van der Waals surface area contributed by atoms with E-state index in [9.17, 15) is 9.18 Å². The van der Waals surface area contributed by atoms with Gasteiger partial charge < -0.3 is 9.88 Å². The lowest BCUT2D eigenvalue weighted by molar-refractivity contribution is 0.0772. The van der Waals surface area contributed by atoms with Gasteiger partial charge in [0.15, 0.2) is 0 Å². The van der Waals surface area contributed by atoms with E-state index < -0.39 is 0 Å². The van der Waals surface area contributed by atoms with Gasteiger partial charge in [0.1, 0.15) is 11.5 Å².